The Hall–Kier alpha value is -1.09. The van der Waals surface area contributed by atoms with Gasteiger partial charge in [-0.1, -0.05) is 6.92 Å². The number of aromatic nitrogens is 1. The van der Waals surface area contributed by atoms with Gasteiger partial charge >= 0.3 is 0 Å². The van der Waals surface area contributed by atoms with Crippen LogP contribution in [0.5, 0.6) is 5.75 Å². The van der Waals surface area contributed by atoms with E-state index in [0.29, 0.717) is 0 Å². The first-order chi connectivity index (χ1) is 6.26. The molecule has 0 aliphatic carbocycles. The molecule has 1 heterocycles. The van der Waals surface area contributed by atoms with Crippen LogP contribution in [0.1, 0.15) is 18.3 Å². The summed E-state index contributed by atoms with van der Waals surface area (Å²) < 4.78 is 5.15. The van der Waals surface area contributed by atoms with Crippen molar-refractivity contribution in [1.82, 2.24) is 10.3 Å². The monoisotopic (exact) mass is 180 g/mol. The Morgan fingerprint density at radius 3 is 2.85 bits per heavy atom. The number of ether oxygens (including phenoxy) is 1. The van der Waals surface area contributed by atoms with Crippen molar-refractivity contribution in [3.8, 4) is 5.75 Å². The van der Waals surface area contributed by atoms with Gasteiger partial charge in [-0.15, -0.1) is 0 Å². The molecule has 13 heavy (non-hydrogen) atoms. The minimum Gasteiger partial charge on any atom is -0.497 e. The average Bonchev–Trinajstić information content (AvgIpc) is 2.14. The number of rotatable bonds is 4. The molecule has 0 fully saturated rings. The van der Waals surface area contributed by atoms with Crippen LogP contribution >= 0.6 is 0 Å². The molecule has 0 bridgehead atoms. The third-order valence-corrected chi connectivity index (χ3v) is 1.77. The van der Waals surface area contributed by atoms with E-state index in [1.54, 1.807) is 7.11 Å². The lowest BCUT2D eigenvalue weighted by molar-refractivity contribution is 0.412. The Morgan fingerprint density at radius 2 is 2.23 bits per heavy atom. The summed E-state index contributed by atoms with van der Waals surface area (Å²) in [6.07, 6.45) is 0. The molecule has 0 spiro atoms. The third kappa shape index (κ3) is 3.03. The summed E-state index contributed by atoms with van der Waals surface area (Å²) in [6.45, 7) is 5.80. The van der Waals surface area contributed by atoms with Crippen LogP contribution in [0.4, 0.5) is 0 Å². The molecular formula is C10H16N2O. The second-order valence-electron chi connectivity index (χ2n) is 2.92. The van der Waals surface area contributed by atoms with Gasteiger partial charge in [0, 0.05) is 24.4 Å². The van der Waals surface area contributed by atoms with Crippen LogP contribution in [0.2, 0.25) is 0 Å². The van der Waals surface area contributed by atoms with E-state index < -0.39 is 0 Å². The quantitative estimate of drug-likeness (QED) is 0.762. The summed E-state index contributed by atoms with van der Waals surface area (Å²) in [6, 6.07) is 3.88. The fourth-order valence-corrected chi connectivity index (χ4v) is 1.16. The maximum atomic E-state index is 5.15. The summed E-state index contributed by atoms with van der Waals surface area (Å²) in [4.78, 5) is 4.38. The van der Waals surface area contributed by atoms with Crippen molar-refractivity contribution in [2.45, 2.75) is 20.4 Å². The lowest BCUT2D eigenvalue weighted by Gasteiger charge is -2.05. The van der Waals surface area contributed by atoms with Crippen LogP contribution in [-0.2, 0) is 6.54 Å². The predicted octanol–water partition coefficient (Wildman–Crippen LogP) is 1.51. The maximum absolute atomic E-state index is 5.15. The van der Waals surface area contributed by atoms with E-state index in [0.717, 1.165) is 30.2 Å². The molecule has 1 N–H and O–H groups in total. The zero-order valence-electron chi connectivity index (χ0n) is 8.42. The number of hydrogen-bond acceptors (Lipinski definition) is 3. The largest absolute Gasteiger partial charge is 0.497 e. The van der Waals surface area contributed by atoms with E-state index in [2.05, 4.69) is 17.2 Å². The van der Waals surface area contributed by atoms with Gasteiger partial charge in [0.25, 0.3) is 0 Å². The standard InChI is InChI=1S/C10H16N2O/c1-4-11-7-9-6-10(13-3)5-8(2)12-9/h5-6,11H,4,7H2,1-3H3. The fourth-order valence-electron chi connectivity index (χ4n) is 1.16. The highest BCUT2D eigenvalue weighted by atomic mass is 16.5. The van der Waals surface area contributed by atoms with Gasteiger partial charge in [-0.2, -0.15) is 0 Å². The summed E-state index contributed by atoms with van der Waals surface area (Å²) in [5, 5.41) is 3.23. The molecule has 0 aromatic carbocycles. The highest BCUT2D eigenvalue weighted by Gasteiger charge is 1.98. The molecule has 1 aromatic rings. The van der Waals surface area contributed by atoms with Crippen LogP contribution < -0.4 is 10.1 Å². The van der Waals surface area contributed by atoms with Gasteiger partial charge in [0.15, 0.2) is 0 Å². The van der Waals surface area contributed by atoms with Crippen LogP contribution in [0.3, 0.4) is 0 Å². The Labute approximate surface area is 79.1 Å². The van der Waals surface area contributed by atoms with Crippen molar-refractivity contribution in [3.63, 3.8) is 0 Å². The number of pyridine rings is 1. The molecule has 0 unspecified atom stereocenters. The Kier molecular flexibility index (Phi) is 3.71. The number of aryl methyl sites for hydroxylation is 1. The van der Waals surface area contributed by atoms with Crippen LogP contribution in [0.15, 0.2) is 12.1 Å². The highest BCUT2D eigenvalue weighted by Crippen LogP contribution is 2.12. The lowest BCUT2D eigenvalue weighted by atomic mass is 10.3. The Bertz CT molecular complexity index is 274. The fraction of sp³-hybridized carbons (Fsp3) is 0.500. The second kappa shape index (κ2) is 4.82. The topological polar surface area (TPSA) is 34.1 Å². The maximum Gasteiger partial charge on any atom is 0.122 e. The van der Waals surface area contributed by atoms with Crippen LogP contribution in [-0.4, -0.2) is 18.6 Å². The van der Waals surface area contributed by atoms with Crippen molar-refractivity contribution in [2.24, 2.45) is 0 Å². The van der Waals surface area contributed by atoms with E-state index >= 15 is 0 Å². The van der Waals surface area contributed by atoms with Gasteiger partial charge in [0.05, 0.1) is 12.8 Å². The van der Waals surface area contributed by atoms with Crippen LogP contribution in [0, 0.1) is 6.92 Å². The molecule has 72 valence electrons. The number of hydrogen-bond donors (Lipinski definition) is 1. The van der Waals surface area contributed by atoms with E-state index in [1.807, 2.05) is 19.1 Å². The van der Waals surface area contributed by atoms with E-state index in [1.165, 1.54) is 0 Å². The summed E-state index contributed by atoms with van der Waals surface area (Å²) >= 11 is 0. The van der Waals surface area contributed by atoms with Crippen molar-refractivity contribution in [3.05, 3.63) is 23.5 Å². The molecule has 0 atom stereocenters. The normalized spacial score (nSPS) is 10.1. The zero-order valence-corrected chi connectivity index (χ0v) is 8.42. The summed E-state index contributed by atoms with van der Waals surface area (Å²) in [5.41, 5.74) is 2.02. The first-order valence-electron chi connectivity index (χ1n) is 4.48. The highest BCUT2D eigenvalue weighted by molar-refractivity contribution is 5.26. The molecule has 0 radical (unpaired) electrons. The molecule has 0 amide bonds. The Morgan fingerprint density at radius 1 is 1.46 bits per heavy atom. The van der Waals surface area contributed by atoms with Gasteiger partial charge < -0.3 is 10.1 Å². The van der Waals surface area contributed by atoms with E-state index in [9.17, 15) is 0 Å². The van der Waals surface area contributed by atoms with Gasteiger partial charge in [-0.25, -0.2) is 0 Å². The first-order valence-corrected chi connectivity index (χ1v) is 4.48. The van der Waals surface area contributed by atoms with Gasteiger partial charge in [0.1, 0.15) is 5.75 Å². The molecule has 3 heteroatoms. The summed E-state index contributed by atoms with van der Waals surface area (Å²) in [7, 11) is 1.67. The molecule has 1 aromatic heterocycles. The molecular weight excluding hydrogens is 164 g/mol. The molecule has 3 nitrogen and oxygen atoms in total. The van der Waals surface area contributed by atoms with Gasteiger partial charge in [0.2, 0.25) is 0 Å². The van der Waals surface area contributed by atoms with Gasteiger partial charge in [-0.05, 0) is 13.5 Å². The smallest absolute Gasteiger partial charge is 0.122 e. The second-order valence-corrected chi connectivity index (χ2v) is 2.92. The van der Waals surface area contributed by atoms with Crippen LogP contribution in [0.25, 0.3) is 0 Å². The number of nitrogens with one attached hydrogen (secondary N) is 1. The van der Waals surface area contributed by atoms with Crippen molar-refractivity contribution in [2.75, 3.05) is 13.7 Å². The minimum atomic E-state index is 0.800. The molecule has 0 aliphatic rings. The predicted molar refractivity (Wildman–Crippen MR) is 52.9 cm³/mol. The van der Waals surface area contributed by atoms with Crippen molar-refractivity contribution < 1.29 is 4.74 Å². The van der Waals surface area contributed by atoms with Gasteiger partial charge in [-0.3, -0.25) is 4.98 Å². The summed E-state index contributed by atoms with van der Waals surface area (Å²) in [5.74, 6) is 0.875. The molecule has 1 rings (SSSR count). The average molecular weight is 180 g/mol. The lowest BCUT2D eigenvalue weighted by Crippen LogP contribution is -2.13. The number of methoxy groups -OCH3 is 1. The zero-order chi connectivity index (χ0) is 9.68. The number of nitrogens with zero attached hydrogens (tertiary/aromatic N) is 1. The molecule has 0 saturated heterocycles. The SMILES string of the molecule is CCNCc1cc(OC)cc(C)n1. The van der Waals surface area contributed by atoms with Crippen molar-refractivity contribution >= 4 is 0 Å². The van der Waals surface area contributed by atoms with E-state index in [-0.39, 0.29) is 0 Å². The molecule has 0 aliphatic heterocycles. The third-order valence-electron chi connectivity index (χ3n) is 1.77. The molecule has 0 saturated carbocycles. The Balaban J connectivity index is 2.76. The van der Waals surface area contributed by atoms with E-state index in [4.69, 9.17) is 4.74 Å². The minimum absolute atomic E-state index is 0.800. The first kappa shape index (κ1) is 9.99. The van der Waals surface area contributed by atoms with Crippen molar-refractivity contribution in [1.29, 1.82) is 0 Å².